The van der Waals surface area contributed by atoms with Crippen molar-refractivity contribution < 1.29 is 4.39 Å². The summed E-state index contributed by atoms with van der Waals surface area (Å²) in [5.41, 5.74) is 0. The van der Waals surface area contributed by atoms with Crippen molar-refractivity contribution in [1.82, 2.24) is 9.78 Å². The number of hydrogen-bond acceptors (Lipinski definition) is 3. The van der Waals surface area contributed by atoms with E-state index < -0.39 is 6.17 Å². The van der Waals surface area contributed by atoms with Gasteiger partial charge < -0.3 is 0 Å². The van der Waals surface area contributed by atoms with E-state index in [-0.39, 0.29) is 11.4 Å². The van der Waals surface area contributed by atoms with Gasteiger partial charge in [-0.3, -0.25) is 4.79 Å². The Kier molecular flexibility index (Phi) is 2.97. The molecule has 1 aromatic rings. The molecule has 0 aliphatic carbocycles. The molecule has 0 aromatic carbocycles. The summed E-state index contributed by atoms with van der Waals surface area (Å²) in [4.78, 5) is 10.9. The first-order valence-corrected chi connectivity index (χ1v) is 4.63. The third-order valence-corrected chi connectivity index (χ3v) is 2.28. The van der Waals surface area contributed by atoms with Crippen LogP contribution in [0.5, 0.6) is 0 Å². The standard InChI is InChI=1S/C7H11FN2OS/c1-3-6(8)4-10-7(11)12-5(2)9-10/h6H,3-4H2,1-2H3. The van der Waals surface area contributed by atoms with E-state index in [1.807, 2.05) is 0 Å². The van der Waals surface area contributed by atoms with Gasteiger partial charge in [-0.25, -0.2) is 9.07 Å². The van der Waals surface area contributed by atoms with Crippen molar-refractivity contribution in [3.63, 3.8) is 0 Å². The third-order valence-electron chi connectivity index (χ3n) is 1.52. The molecule has 0 saturated heterocycles. The average molecular weight is 190 g/mol. The quantitative estimate of drug-likeness (QED) is 0.721. The maximum atomic E-state index is 12.8. The first-order valence-electron chi connectivity index (χ1n) is 3.82. The molecule has 1 rings (SSSR count). The summed E-state index contributed by atoms with van der Waals surface area (Å²) in [5.74, 6) is 0. The lowest BCUT2D eigenvalue weighted by Gasteiger charge is -2.02. The van der Waals surface area contributed by atoms with Gasteiger partial charge in [-0.2, -0.15) is 5.10 Å². The predicted octanol–water partition coefficient (Wildman–Crippen LogP) is 1.36. The molecule has 1 heterocycles. The highest BCUT2D eigenvalue weighted by molar-refractivity contribution is 7.08. The summed E-state index contributed by atoms with van der Waals surface area (Å²) in [6.07, 6.45) is -0.549. The molecule has 0 fully saturated rings. The van der Waals surface area contributed by atoms with Crippen LogP contribution in [-0.2, 0) is 6.54 Å². The van der Waals surface area contributed by atoms with Crippen molar-refractivity contribution in [2.24, 2.45) is 0 Å². The van der Waals surface area contributed by atoms with E-state index >= 15 is 0 Å². The van der Waals surface area contributed by atoms with Gasteiger partial charge in [0.25, 0.3) is 0 Å². The van der Waals surface area contributed by atoms with Gasteiger partial charge >= 0.3 is 4.87 Å². The van der Waals surface area contributed by atoms with Crippen molar-refractivity contribution in [2.45, 2.75) is 33.0 Å². The van der Waals surface area contributed by atoms with Gasteiger partial charge in [-0.1, -0.05) is 18.3 Å². The molecule has 68 valence electrons. The maximum absolute atomic E-state index is 12.8. The fraction of sp³-hybridized carbons (Fsp3) is 0.714. The van der Waals surface area contributed by atoms with Crippen molar-refractivity contribution >= 4 is 11.3 Å². The zero-order valence-corrected chi connectivity index (χ0v) is 7.90. The number of hydrogen-bond donors (Lipinski definition) is 0. The monoisotopic (exact) mass is 190 g/mol. The molecule has 1 unspecified atom stereocenters. The number of halogens is 1. The number of aryl methyl sites for hydroxylation is 1. The lowest BCUT2D eigenvalue weighted by molar-refractivity contribution is 0.275. The molecular formula is C7H11FN2OS. The minimum Gasteiger partial charge on any atom is -0.255 e. The van der Waals surface area contributed by atoms with Gasteiger partial charge in [0.15, 0.2) is 0 Å². The molecule has 0 radical (unpaired) electrons. The molecule has 5 heteroatoms. The van der Waals surface area contributed by atoms with Crippen LogP contribution >= 0.6 is 11.3 Å². The Morgan fingerprint density at radius 2 is 2.42 bits per heavy atom. The van der Waals surface area contributed by atoms with E-state index in [1.54, 1.807) is 13.8 Å². The van der Waals surface area contributed by atoms with E-state index in [4.69, 9.17) is 0 Å². The molecule has 3 nitrogen and oxygen atoms in total. The van der Waals surface area contributed by atoms with E-state index in [0.29, 0.717) is 11.4 Å². The lowest BCUT2D eigenvalue weighted by Crippen LogP contribution is -2.20. The molecule has 0 spiro atoms. The predicted molar refractivity (Wildman–Crippen MR) is 46.3 cm³/mol. The Hall–Kier alpha value is -0.710. The van der Waals surface area contributed by atoms with Crippen molar-refractivity contribution in [2.75, 3.05) is 0 Å². The second-order valence-corrected chi connectivity index (χ2v) is 3.72. The Morgan fingerprint density at radius 3 is 2.83 bits per heavy atom. The van der Waals surface area contributed by atoms with Gasteiger partial charge in [-0.05, 0) is 13.3 Å². The van der Waals surface area contributed by atoms with Gasteiger partial charge in [0.05, 0.1) is 6.54 Å². The second-order valence-electron chi connectivity index (χ2n) is 2.57. The summed E-state index contributed by atoms with van der Waals surface area (Å²) < 4.78 is 14.0. The van der Waals surface area contributed by atoms with Gasteiger partial charge in [0, 0.05) is 0 Å². The summed E-state index contributed by atoms with van der Waals surface area (Å²) >= 11 is 1.05. The lowest BCUT2D eigenvalue weighted by atomic mass is 10.3. The first-order chi connectivity index (χ1) is 5.63. The van der Waals surface area contributed by atoms with Crippen LogP contribution in [0.1, 0.15) is 18.4 Å². The van der Waals surface area contributed by atoms with Gasteiger partial charge in [0.1, 0.15) is 11.2 Å². The SMILES string of the molecule is CCC(F)Cn1nc(C)sc1=O. The summed E-state index contributed by atoms with van der Waals surface area (Å²) in [7, 11) is 0. The molecule has 0 bridgehead atoms. The molecule has 0 aliphatic rings. The summed E-state index contributed by atoms with van der Waals surface area (Å²) in [6, 6.07) is 0. The molecular weight excluding hydrogens is 179 g/mol. The van der Waals surface area contributed by atoms with Crippen LogP contribution in [0.4, 0.5) is 4.39 Å². The Balaban J connectivity index is 2.75. The molecule has 0 N–H and O–H groups in total. The van der Waals surface area contributed by atoms with Crippen LogP contribution in [0.2, 0.25) is 0 Å². The Labute approximate surface area is 73.8 Å². The maximum Gasteiger partial charge on any atom is 0.325 e. The molecule has 12 heavy (non-hydrogen) atoms. The fourth-order valence-corrected chi connectivity index (χ4v) is 1.46. The van der Waals surface area contributed by atoms with Crippen LogP contribution in [0, 0.1) is 6.92 Å². The Bertz CT molecular complexity index is 307. The topological polar surface area (TPSA) is 34.9 Å². The minimum atomic E-state index is -0.968. The molecule has 0 amide bonds. The highest BCUT2D eigenvalue weighted by atomic mass is 32.1. The minimum absolute atomic E-state index is 0.0830. The van der Waals surface area contributed by atoms with Crippen LogP contribution in [0.25, 0.3) is 0 Å². The van der Waals surface area contributed by atoms with Crippen molar-refractivity contribution in [3.8, 4) is 0 Å². The Morgan fingerprint density at radius 1 is 1.75 bits per heavy atom. The summed E-state index contributed by atoms with van der Waals surface area (Å²) in [5, 5.41) is 4.56. The average Bonchev–Trinajstić information content (AvgIpc) is 2.30. The number of nitrogens with zero attached hydrogens (tertiary/aromatic N) is 2. The number of alkyl halides is 1. The number of rotatable bonds is 3. The normalized spacial score (nSPS) is 13.2. The van der Waals surface area contributed by atoms with E-state index in [0.717, 1.165) is 11.3 Å². The molecule has 1 atom stereocenters. The van der Waals surface area contributed by atoms with Crippen LogP contribution < -0.4 is 4.87 Å². The second kappa shape index (κ2) is 3.80. The fourth-order valence-electron chi connectivity index (χ4n) is 0.842. The molecule has 0 aliphatic heterocycles. The van der Waals surface area contributed by atoms with Crippen LogP contribution in [0.3, 0.4) is 0 Å². The van der Waals surface area contributed by atoms with Gasteiger partial charge in [0.2, 0.25) is 0 Å². The highest BCUT2D eigenvalue weighted by Gasteiger charge is 2.08. The van der Waals surface area contributed by atoms with Crippen LogP contribution in [0.15, 0.2) is 4.79 Å². The zero-order valence-electron chi connectivity index (χ0n) is 7.08. The van der Waals surface area contributed by atoms with Gasteiger partial charge in [-0.15, -0.1) is 0 Å². The van der Waals surface area contributed by atoms with E-state index in [2.05, 4.69) is 5.10 Å². The first kappa shape index (κ1) is 9.38. The molecule has 1 aromatic heterocycles. The third kappa shape index (κ3) is 2.14. The van der Waals surface area contributed by atoms with E-state index in [1.165, 1.54) is 4.68 Å². The smallest absolute Gasteiger partial charge is 0.255 e. The molecule has 0 saturated carbocycles. The van der Waals surface area contributed by atoms with Crippen molar-refractivity contribution in [1.29, 1.82) is 0 Å². The van der Waals surface area contributed by atoms with Crippen molar-refractivity contribution in [3.05, 3.63) is 14.7 Å². The van der Waals surface area contributed by atoms with Crippen LogP contribution in [-0.4, -0.2) is 16.0 Å². The van der Waals surface area contributed by atoms with E-state index in [9.17, 15) is 9.18 Å². The summed E-state index contributed by atoms with van der Waals surface area (Å²) in [6.45, 7) is 3.57. The zero-order chi connectivity index (χ0) is 9.14. The number of aromatic nitrogens is 2. The largest absolute Gasteiger partial charge is 0.325 e. The highest BCUT2D eigenvalue weighted by Crippen LogP contribution is 2.01.